The summed E-state index contributed by atoms with van der Waals surface area (Å²) in [5, 5.41) is 1.04. The monoisotopic (exact) mass is 422 g/mol. The first-order chi connectivity index (χ1) is 12.9. The van der Waals surface area contributed by atoms with Crippen molar-refractivity contribution in [2.24, 2.45) is 11.7 Å². The minimum atomic E-state index is -0.218. The zero-order valence-corrected chi connectivity index (χ0v) is 17.0. The van der Waals surface area contributed by atoms with Crippen LogP contribution in [0.15, 0.2) is 42.5 Å². The molecule has 0 radical (unpaired) electrons. The van der Waals surface area contributed by atoms with Crippen molar-refractivity contribution in [3.05, 3.63) is 63.6 Å². The van der Waals surface area contributed by atoms with E-state index in [0.29, 0.717) is 16.7 Å². The maximum absolute atomic E-state index is 11.3. The van der Waals surface area contributed by atoms with Crippen LogP contribution < -0.4 is 10.5 Å². The van der Waals surface area contributed by atoms with E-state index in [1.165, 1.54) is 0 Å². The van der Waals surface area contributed by atoms with Crippen LogP contribution in [0.4, 0.5) is 0 Å². The summed E-state index contributed by atoms with van der Waals surface area (Å²) in [6.07, 6.45) is 1.50. The van der Waals surface area contributed by atoms with Crippen LogP contribution in [0.1, 0.15) is 24.0 Å². The highest BCUT2D eigenvalue weighted by molar-refractivity contribution is 7.80. The van der Waals surface area contributed by atoms with E-state index in [1.54, 1.807) is 12.1 Å². The Hall–Kier alpha value is -1.82. The van der Waals surface area contributed by atoms with Gasteiger partial charge in [-0.25, -0.2) is 0 Å². The number of hydrogen-bond donors (Lipinski definition) is 1. The Morgan fingerprint density at radius 3 is 2.37 bits per heavy atom. The summed E-state index contributed by atoms with van der Waals surface area (Å²) in [7, 11) is 0. The van der Waals surface area contributed by atoms with Crippen LogP contribution >= 0.6 is 35.4 Å². The third-order valence-corrected chi connectivity index (χ3v) is 5.91. The second-order valence-electron chi connectivity index (χ2n) is 6.53. The van der Waals surface area contributed by atoms with Gasteiger partial charge in [-0.05, 0) is 54.8 Å². The highest BCUT2D eigenvalue weighted by Crippen LogP contribution is 2.24. The molecular formula is C20H20Cl2N2O2S. The minimum Gasteiger partial charge on any atom is -0.489 e. The maximum atomic E-state index is 11.3. The van der Waals surface area contributed by atoms with Crippen LogP contribution in [0.25, 0.3) is 0 Å². The molecule has 2 aromatic carbocycles. The summed E-state index contributed by atoms with van der Waals surface area (Å²) in [4.78, 5) is 14.2. The first-order valence-electron chi connectivity index (χ1n) is 8.69. The van der Waals surface area contributed by atoms with E-state index < -0.39 is 0 Å². The Kier molecular flexibility index (Phi) is 6.58. The number of carbonyl (C=O) groups is 1. The van der Waals surface area contributed by atoms with Gasteiger partial charge in [-0.3, -0.25) is 4.79 Å². The normalized spacial score (nSPS) is 14.8. The van der Waals surface area contributed by atoms with E-state index in [9.17, 15) is 4.79 Å². The van der Waals surface area contributed by atoms with Crippen LogP contribution in [0, 0.1) is 5.92 Å². The quantitative estimate of drug-likeness (QED) is 0.723. The van der Waals surface area contributed by atoms with Crippen LogP contribution in [0.3, 0.4) is 0 Å². The van der Waals surface area contributed by atoms with Gasteiger partial charge in [-0.1, -0.05) is 41.5 Å². The molecule has 27 heavy (non-hydrogen) atoms. The Labute approximate surface area is 174 Å². The molecule has 2 aromatic rings. The number of rotatable bonds is 5. The lowest BCUT2D eigenvalue weighted by Gasteiger charge is -2.32. The fourth-order valence-electron chi connectivity index (χ4n) is 3.04. The third kappa shape index (κ3) is 5.12. The molecule has 1 aliphatic rings. The van der Waals surface area contributed by atoms with Crippen molar-refractivity contribution in [2.75, 3.05) is 13.1 Å². The second kappa shape index (κ2) is 8.91. The van der Waals surface area contributed by atoms with Gasteiger partial charge < -0.3 is 15.4 Å². The number of likely N-dealkylation sites (tertiary alicyclic amines) is 1. The molecule has 2 N–H and O–H groups in total. The molecule has 0 unspecified atom stereocenters. The molecule has 142 valence electrons. The Bertz CT molecular complexity index is 834. The number of primary amides is 1. The average Bonchev–Trinajstić information content (AvgIpc) is 2.69. The van der Waals surface area contributed by atoms with Crippen molar-refractivity contribution in [1.82, 2.24) is 4.90 Å². The van der Waals surface area contributed by atoms with Gasteiger partial charge in [0.1, 0.15) is 17.3 Å². The number of halogens is 2. The molecule has 1 heterocycles. The van der Waals surface area contributed by atoms with Crippen molar-refractivity contribution in [2.45, 2.75) is 19.4 Å². The van der Waals surface area contributed by atoms with Crippen LogP contribution in [-0.4, -0.2) is 28.9 Å². The number of carbonyl (C=O) groups excluding carboxylic acids is 1. The average molecular weight is 423 g/mol. The summed E-state index contributed by atoms with van der Waals surface area (Å²) in [6.45, 7) is 1.91. The van der Waals surface area contributed by atoms with E-state index in [4.69, 9.17) is 45.9 Å². The molecular weight excluding hydrogens is 403 g/mol. The third-order valence-electron chi connectivity index (χ3n) is 4.68. The summed E-state index contributed by atoms with van der Waals surface area (Å²) in [5.74, 6) is 0.491. The molecule has 7 heteroatoms. The fraction of sp³-hybridized carbons (Fsp3) is 0.300. The molecule has 0 aromatic heterocycles. The van der Waals surface area contributed by atoms with Crippen molar-refractivity contribution in [1.29, 1.82) is 0 Å². The predicted molar refractivity (Wildman–Crippen MR) is 112 cm³/mol. The molecule has 0 bridgehead atoms. The SMILES string of the molecule is NC(=O)C1CCN(C(=S)c2ccc(OCc3ccc(Cl)c(Cl)c3)cc2)CC1. The number of ether oxygens (including phenoxy) is 1. The number of benzene rings is 2. The van der Waals surface area contributed by atoms with Gasteiger partial charge in [0.25, 0.3) is 0 Å². The number of amides is 1. The number of thiocarbonyl (C=S) groups is 1. The molecule has 0 saturated carbocycles. The molecule has 4 nitrogen and oxygen atoms in total. The lowest BCUT2D eigenvalue weighted by Crippen LogP contribution is -2.41. The smallest absolute Gasteiger partial charge is 0.220 e. The molecule has 0 spiro atoms. The second-order valence-corrected chi connectivity index (χ2v) is 7.73. The fourth-order valence-corrected chi connectivity index (χ4v) is 3.68. The number of piperidine rings is 1. The van der Waals surface area contributed by atoms with Crippen molar-refractivity contribution in [3.8, 4) is 5.75 Å². The van der Waals surface area contributed by atoms with E-state index in [1.807, 2.05) is 30.3 Å². The summed E-state index contributed by atoms with van der Waals surface area (Å²) in [6, 6.07) is 13.1. The van der Waals surface area contributed by atoms with Crippen LogP contribution in [0.2, 0.25) is 10.0 Å². The maximum Gasteiger partial charge on any atom is 0.220 e. The molecule has 1 saturated heterocycles. The highest BCUT2D eigenvalue weighted by Gasteiger charge is 2.24. The zero-order valence-electron chi connectivity index (χ0n) is 14.7. The van der Waals surface area contributed by atoms with Crippen molar-refractivity contribution in [3.63, 3.8) is 0 Å². The molecule has 3 rings (SSSR count). The van der Waals surface area contributed by atoms with Gasteiger partial charge in [-0.2, -0.15) is 0 Å². The topological polar surface area (TPSA) is 55.6 Å². The standard InChI is InChI=1S/C20H20Cl2N2O2S/c21-17-6-1-13(11-18(17)22)12-26-16-4-2-15(3-5-16)20(27)24-9-7-14(8-10-24)19(23)25/h1-6,11,14H,7-10,12H2,(H2,23,25). The lowest BCUT2D eigenvalue weighted by molar-refractivity contribution is -0.122. The largest absolute Gasteiger partial charge is 0.489 e. The van der Waals surface area contributed by atoms with Gasteiger partial charge in [0.2, 0.25) is 5.91 Å². The first-order valence-corrected chi connectivity index (χ1v) is 9.86. The molecule has 1 aliphatic heterocycles. The zero-order chi connectivity index (χ0) is 19.4. The van der Waals surface area contributed by atoms with Gasteiger partial charge in [0, 0.05) is 24.6 Å². The van der Waals surface area contributed by atoms with Gasteiger partial charge in [0.05, 0.1) is 10.0 Å². The van der Waals surface area contributed by atoms with Gasteiger partial charge >= 0.3 is 0 Å². The predicted octanol–water partition coefficient (Wildman–Crippen LogP) is 4.45. The van der Waals surface area contributed by atoms with Gasteiger partial charge in [0.15, 0.2) is 0 Å². The van der Waals surface area contributed by atoms with Crippen LogP contribution in [-0.2, 0) is 11.4 Å². The molecule has 0 atom stereocenters. The molecule has 1 fully saturated rings. The number of hydrogen-bond acceptors (Lipinski definition) is 3. The summed E-state index contributed by atoms with van der Waals surface area (Å²) >= 11 is 17.5. The van der Waals surface area contributed by atoms with Crippen molar-refractivity contribution >= 4 is 46.3 Å². The van der Waals surface area contributed by atoms with Gasteiger partial charge in [-0.15, -0.1) is 0 Å². The molecule has 0 aliphatic carbocycles. The Morgan fingerprint density at radius 2 is 1.78 bits per heavy atom. The van der Waals surface area contributed by atoms with E-state index in [0.717, 1.165) is 47.8 Å². The minimum absolute atomic E-state index is 0.0406. The number of nitrogens with two attached hydrogens (primary N) is 1. The summed E-state index contributed by atoms with van der Waals surface area (Å²) < 4.78 is 5.80. The highest BCUT2D eigenvalue weighted by atomic mass is 35.5. The lowest BCUT2D eigenvalue weighted by atomic mass is 9.96. The van der Waals surface area contributed by atoms with E-state index in [2.05, 4.69) is 4.90 Å². The number of nitrogens with zero attached hydrogens (tertiary/aromatic N) is 1. The Morgan fingerprint density at radius 1 is 1.11 bits per heavy atom. The first kappa shape index (κ1) is 19.9. The molecule has 1 amide bonds. The van der Waals surface area contributed by atoms with E-state index in [-0.39, 0.29) is 11.8 Å². The Balaban J connectivity index is 1.56. The van der Waals surface area contributed by atoms with E-state index >= 15 is 0 Å². The summed E-state index contributed by atoms with van der Waals surface area (Å²) in [5.41, 5.74) is 7.29. The van der Waals surface area contributed by atoms with Crippen molar-refractivity contribution < 1.29 is 9.53 Å². The van der Waals surface area contributed by atoms with Crippen LogP contribution in [0.5, 0.6) is 5.75 Å².